The standard InChI is InChI=1S/C34H54N2/c1-5-9-13-17-21-25-33(26-22-18-14-10-6-2)35-29-31-36(32-30-35)34(27-23-19-15-11-7-3)28-24-20-16-12-8-4/h33-34H,5-20,29-32H2,1-4H3. The van der Waals surface area contributed by atoms with E-state index in [-0.39, 0.29) is 12.1 Å². The smallest absolute Gasteiger partial charge is 0.133 e. The number of piperazine rings is 1. The third-order valence-corrected chi connectivity index (χ3v) is 6.66. The van der Waals surface area contributed by atoms with Crippen LogP contribution in [0.3, 0.4) is 0 Å². The van der Waals surface area contributed by atoms with Gasteiger partial charge >= 0.3 is 0 Å². The second-order valence-electron chi connectivity index (χ2n) is 9.99. The maximum absolute atomic E-state index is 3.52. The fraction of sp³-hybridized carbons (Fsp3) is 0.765. The van der Waals surface area contributed by atoms with Crippen LogP contribution in [-0.2, 0) is 0 Å². The van der Waals surface area contributed by atoms with Crippen molar-refractivity contribution >= 4 is 0 Å². The molecular formula is C34H54N2. The Morgan fingerprint density at radius 3 is 0.889 bits per heavy atom. The molecule has 1 aliphatic heterocycles. The van der Waals surface area contributed by atoms with Crippen molar-refractivity contribution in [2.24, 2.45) is 0 Å². The fourth-order valence-electron chi connectivity index (χ4n) is 4.22. The van der Waals surface area contributed by atoms with Gasteiger partial charge in [0.2, 0.25) is 0 Å². The molecule has 0 aliphatic carbocycles. The Labute approximate surface area is 225 Å². The van der Waals surface area contributed by atoms with Crippen LogP contribution in [0.15, 0.2) is 0 Å². The predicted octanol–water partition coefficient (Wildman–Crippen LogP) is 7.68. The van der Waals surface area contributed by atoms with Gasteiger partial charge in [-0.3, -0.25) is 9.80 Å². The first-order chi connectivity index (χ1) is 17.8. The minimum atomic E-state index is 0.0640. The van der Waals surface area contributed by atoms with Crippen LogP contribution in [0.1, 0.15) is 130 Å². The third-order valence-electron chi connectivity index (χ3n) is 6.66. The van der Waals surface area contributed by atoms with E-state index in [0.29, 0.717) is 0 Å². The summed E-state index contributed by atoms with van der Waals surface area (Å²) in [5.74, 6) is 27.8. The molecule has 0 amide bonds. The molecule has 1 saturated heterocycles. The summed E-state index contributed by atoms with van der Waals surface area (Å²) in [7, 11) is 0. The molecule has 0 unspecified atom stereocenters. The summed E-state index contributed by atoms with van der Waals surface area (Å²) >= 11 is 0. The molecule has 1 fully saturated rings. The summed E-state index contributed by atoms with van der Waals surface area (Å²) in [6, 6.07) is 0.128. The van der Waals surface area contributed by atoms with Crippen molar-refractivity contribution in [3.63, 3.8) is 0 Å². The lowest BCUT2D eigenvalue weighted by molar-refractivity contribution is 0.126. The van der Waals surface area contributed by atoms with Crippen molar-refractivity contribution in [3.8, 4) is 47.4 Å². The van der Waals surface area contributed by atoms with Gasteiger partial charge < -0.3 is 0 Å². The molecule has 1 heterocycles. The molecule has 200 valence electrons. The van der Waals surface area contributed by atoms with Crippen molar-refractivity contribution < 1.29 is 0 Å². The average molecular weight is 491 g/mol. The van der Waals surface area contributed by atoms with Crippen molar-refractivity contribution in [1.82, 2.24) is 9.80 Å². The molecule has 0 aromatic heterocycles. The summed E-state index contributed by atoms with van der Waals surface area (Å²) in [5, 5.41) is 0. The summed E-state index contributed by atoms with van der Waals surface area (Å²) in [6.45, 7) is 12.9. The van der Waals surface area contributed by atoms with Gasteiger partial charge in [0.1, 0.15) is 12.1 Å². The summed E-state index contributed by atoms with van der Waals surface area (Å²) in [5.41, 5.74) is 0. The van der Waals surface area contributed by atoms with Crippen molar-refractivity contribution in [3.05, 3.63) is 0 Å². The molecule has 0 aromatic carbocycles. The second-order valence-corrected chi connectivity index (χ2v) is 9.99. The van der Waals surface area contributed by atoms with Gasteiger partial charge in [0, 0.05) is 51.9 Å². The van der Waals surface area contributed by atoms with Gasteiger partial charge in [-0.15, -0.1) is 23.7 Å². The monoisotopic (exact) mass is 490 g/mol. The minimum Gasteiger partial charge on any atom is -0.277 e. The highest BCUT2D eigenvalue weighted by atomic mass is 15.3. The molecular weight excluding hydrogens is 436 g/mol. The quantitative estimate of drug-likeness (QED) is 0.182. The molecule has 2 nitrogen and oxygen atoms in total. The van der Waals surface area contributed by atoms with Crippen LogP contribution in [-0.4, -0.2) is 48.1 Å². The van der Waals surface area contributed by atoms with Crippen LogP contribution >= 0.6 is 0 Å². The third kappa shape index (κ3) is 16.0. The highest BCUT2D eigenvalue weighted by Crippen LogP contribution is 2.11. The number of hydrogen-bond donors (Lipinski definition) is 0. The maximum Gasteiger partial charge on any atom is 0.133 e. The van der Waals surface area contributed by atoms with Gasteiger partial charge in [0.25, 0.3) is 0 Å². The van der Waals surface area contributed by atoms with Gasteiger partial charge in [0.15, 0.2) is 0 Å². The van der Waals surface area contributed by atoms with Crippen LogP contribution in [0, 0.1) is 47.4 Å². The van der Waals surface area contributed by atoms with E-state index >= 15 is 0 Å². The van der Waals surface area contributed by atoms with Gasteiger partial charge in [0.05, 0.1) is 0 Å². The van der Waals surface area contributed by atoms with Crippen molar-refractivity contribution in [2.75, 3.05) is 26.2 Å². The Balaban J connectivity index is 2.79. The number of nitrogens with zero attached hydrogens (tertiary/aromatic N) is 2. The summed E-state index contributed by atoms with van der Waals surface area (Å²) < 4.78 is 0. The SMILES string of the molecule is CCCCCC#CC(C#CCCCCC)N1CCN(C(C#CCCCCC)C#CCCCCC)CC1. The number of rotatable bonds is 14. The first kappa shape index (κ1) is 32.2. The van der Waals surface area contributed by atoms with E-state index in [1.54, 1.807) is 0 Å². The van der Waals surface area contributed by atoms with E-state index in [1.807, 2.05) is 0 Å². The largest absolute Gasteiger partial charge is 0.277 e. The van der Waals surface area contributed by atoms with E-state index in [0.717, 1.165) is 51.9 Å². The molecule has 0 bridgehead atoms. The minimum absolute atomic E-state index is 0.0640. The van der Waals surface area contributed by atoms with E-state index in [1.165, 1.54) is 77.0 Å². The van der Waals surface area contributed by atoms with E-state index in [2.05, 4.69) is 84.9 Å². The molecule has 0 spiro atoms. The Kier molecular flexibility index (Phi) is 21.1. The van der Waals surface area contributed by atoms with Gasteiger partial charge in [-0.05, 0) is 25.7 Å². The Morgan fingerprint density at radius 2 is 0.667 bits per heavy atom. The maximum atomic E-state index is 3.52. The molecule has 2 heteroatoms. The molecule has 0 aromatic rings. The zero-order valence-corrected chi connectivity index (χ0v) is 24.2. The normalized spacial score (nSPS) is 13.7. The van der Waals surface area contributed by atoms with Gasteiger partial charge in [-0.25, -0.2) is 0 Å². The molecule has 0 N–H and O–H groups in total. The Morgan fingerprint density at radius 1 is 0.417 bits per heavy atom. The first-order valence-corrected chi connectivity index (χ1v) is 15.2. The molecule has 1 rings (SSSR count). The molecule has 36 heavy (non-hydrogen) atoms. The zero-order chi connectivity index (χ0) is 26.1. The topological polar surface area (TPSA) is 6.48 Å². The highest BCUT2D eigenvalue weighted by molar-refractivity contribution is 5.26. The fourth-order valence-corrected chi connectivity index (χ4v) is 4.22. The van der Waals surface area contributed by atoms with Gasteiger partial charge in [-0.2, -0.15) is 0 Å². The van der Waals surface area contributed by atoms with E-state index in [4.69, 9.17) is 0 Å². The zero-order valence-electron chi connectivity index (χ0n) is 24.2. The van der Waals surface area contributed by atoms with Crippen molar-refractivity contribution in [1.29, 1.82) is 0 Å². The second kappa shape index (κ2) is 23.6. The van der Waals surface area contributed by atoms with Crippen molar-refractivity contribution in [2.45, 2.75) is 143 Å². The number of hydrogen-bond acceptors (Lipinski definition) is 2. The van der Waals surface area contributed by atoms with E-state index in [9.17, 15) is 0 Å². The van der Waals surface area contributed by atoms with Crippen LogP contribution in [0.25, 0.3) is 0 Å². The predicted molar refractivity (Wildman–Crippen MR) is 158 cm³/mol. The lowest BCUT2D eigenvalue weighted by Gasteiger charge is -2.37. The Bertz CT molecular complexity index is 650. The van der Waals surface area contributed by atoms with Crippen LogP contribution < -0.4 is 0 Å². The summed E-state index contributed by atoms with van der Waals surface area (Å²) in [6.07, 6.45) is 18.8. The summed E-state index contributed by atoms with van der Waals surface area (Å²) in [4.78, 5) is 4.97. The molecule has 0 radical (unpaired) electrons. The molecule has 0 saturated carbocycles. The molecule has 0 atom stereocenters. The molecule has 1 aliphatic rings. The highest BCUT2D eigenvalue weighted by Gasteiger charge is 2.24. The van der Waals surface area contributed by atoms with Gasteiger partial charge in [-0.1, -0.05) is 103 Å². The average Bonchev–Trinajstić information content (AvgIpc) is 2.90. The van der Waals surface area contributed by atoms with Crippen LogP contribution in [0.2, 0.25) is 0 Å². The lowest BCUT2D eigenvalue weighted by Crippen LogP contribution is -2.52. The van der Waals surface area contributed by atoms with Crippen LogP contribution in [0.4, 0.5) is 0 Å². The lowest BCUT2D eigenvalue weighted by atomic mass is 10.1. The first-order valence-electron chi connectivity index (χ1n) is 15.2. The Hall–Kier alpha value is -1.84. The number of unbranched alkanes of at least 4 members (excludes halogenated alkanes) is 12. The van der Waals surface area contributed by atoms with Crippen LogP contribution in [0.5, 0.6) is 0 Å². The van der Waals surface area contributed by atoms with E-state index < -0.39 is 0 Å².